The fourth-order valence-electron chi connectivity index (χ4n) is 2.82. The van der Waals surface area contributed by atoms with Crippen molar-refractivity contribution in [3.63, 3.8) is 0 Å². The zero-order chi connectivity index (χ0) is 16.2. The molecule has 115 valence electrons. The minimum absolute atomic E-state index is 0.00808. The van der Waals surface area contributed by atoms with E-state index in [9.17, 15) is 9.59 Å². The van der Waals surface area contributed by atoms with E-state index in [0.717, 1.165) is 18.5 Å². The Morgan fingerprint density at radius 2 is 1.61 bits per heavy atom. The van der Waals surface area contributed by atoms with Gasteiger partial charge in [0.1, 0.15) is 6.61 Å². The summed E-state index contributed by atoms with van der Waals surface area (Å²) in [5.74, 6) is -0.648. The number of amides is 1. The number of rotatable bonds is 4. The molecule has 3 rings (SSSR count). The molecule has 5 nitrogen and oxygen atoms in total. The van der Waals surface area contributed by atoms with E-state index in [1.54, 1.807) is 0 Å². The zero-order valence-electron chi connectivity index (χ0n) is 12.6. The van der Waals surface area contributed by atoms with Crippen LogP contribution in [0, 0.1) is 0 Å². The van der Waals surface area contributed by atoms with Crippen LogP contribution in [0.2, 0.25) is 0 Å². The number of nitrogens with one attached hydrogen (secondary N) is 1. The number of fused-ring (bicyclic) bond motifs is 3. The summed E-state index contributed by atoms with van der Waals surface area (Å²) in [4.78, 5) is 22.6. The van der Waals surface area contributed by atoms with Crippen LogP contribution in [-0.4, -0.2) is 33.1 Å². The lowest BCUT2D eigenvalue weighted by atomic mass is 9.96. The molecular weight excluding hydrogens is 293 g/mol. The number of methoxy groups -OCH3 is 1. The fourth-order valence-corrected chi connectivity index (χ4v) is 2.82. The van der Waals surface area contributed by atoms with E-state index in [1.165, 1.54) is 18.2 Å². The van der Waals surface area contributed by atoms with E-state index < -0.39 is 12.0 Å². The van der Waals surface area contributed by atoms with Gasteiger partial charge < -0.3 is 14.7 Å². The van der Waals surface area contributed by atoms with Crippen LogP contribution < -0.4 is 5.23 Å². The largest absolute Gasteiger partial charge is 0.476 e. The maximum atomic E-state index is 11.7. The molecule has 0 aliphatic heterocycles. The molecule has 0 heterocycles. The lowest BCUT2D eigenvalue weighted by Crippen LogP contribution is -2.34. The predicted molar refractivity (Wildman–Crippen MR) is 86.4 cm³/mol. The third-order valence-corrected chi connectivity index (χ3v) is 3.85. The highest BCUT2D eigenvalue weighted by molar-refractivity contribution is 6.71. The van der Waals surface area contributed by atoms with E-state index in [-0.39, 0.29) is 12.5 Å². The summed E-state index contributed by atoms with van der Waals surface area (Å²) < 4.78 is 9.65. The van der Waals surface area contributed by atoms with Crippen LogP contribution in [0.4, 0.5) is 9.59 Å². The SMILES string of the molecule is COC(=O)[B]NC(=O)OCC1c2ccccc2-c2ccccc21. The van der Waals surface area contributed by atoms with Crippen molar-refractivity contribution in [3.8, 4) is 11.1 Å². The van der Waals surface area contributed by atoms with Crippen LogP contribution in [0.3, 0.4) is 0 Å². The van der Waals surface area contributed by atoms with Crippen molar-refractivity contribution in [1.29, 1.82) is 0 Å². The normalized spacial score (nSPS) is 12.0. The monoisotopic (exact) mass is 308 g/mol. The van der Waals surface area contributed by atoms with Gasteiger partial charge >= 0.3 is 13.5 Å². The Labute approximate surface area is 134 Å². The van der Waals surface area contributed by atoms with Crippen molar-refractivity contribution in [3.05, 3.63) is 59.7 Å². The number of carbonyl (C=O) groups is 2. The van der Waals surface area contributed by atoms with E-state index in [0.29, 0.717) is 0 Å². The van der Waals surface area contributed by atoms with Crippen molar-refractivity contribution >= 4 is 19.4 Å². The number of hydrogen-bond acceptors (Lipinski definition) is 4. The molecule has 0 atom stereocenters. The number of ether oxygens (including phenoxy) is 2. The molecule has 0 fully saturated rings. The summed E-state index contributed by atoms with van der Waals surface area (Å²) in [7, 11) is 2.16. The number of carbonyl (C=O) groups excluding carboxylic acids is 2. The highest BCUT2D eigenvalue weighted by Crippen LogP contribution is 2.44. The molecule has 0 bridgehead atoms. The first-order chi connectivity index (χ1) is 11.2. The summed E-state index contributed by atoms with van der Waals surface area (Å²) in [6.07, 6.45) is -0.683. The van der Waals surface area contributed by atoms with Gasteiger partial charge in [0.15, 0.2) is 0 Å². The molecule has 0 aromatic heterocycles. The molecule has 0 saturated heterocycles. The Hall–Kier alpha value is -2.76. The summed E-state index contributed by atoms with van der Waals surface area (Å²) in [6, 6.07) is 16.2. The van der Waals surface area contributed by atoms with E-state index in [1.807, 2.05) is 36.4 Å². The Balaban J connectivity index is 1.71. The average Bonchev–Trinajstić information content (AvgIpc) is 2.92. The first kappa shape index (κ1) is 15.2. The highest BCUT2D eigenvalue weighted by Gasteiger charge is 2.29. The van der Waals surface area contributed by atoms with Crippen molar-refractivity contribution in [2.75, 3.05) is 13.7 Å². The predicted octanol–water partition coefficient (Wildman–Crippen LogP) is 2.91. The third kappa shape index (κ3) is 3.06. The van der Waals surface area contributed by atoms with Crippen LogP contribution in [0.1, 0.15) is 17.0 Å². The van der Waals surface area contributed by atoms with Crippen LogP contribution >= 0.6 is 0 Å². The molecule has 1 amide bonds. The molecule has 1 N–H and O–H groups in total. The van der Waals surface area contributed by atoms with Crippen LogP contribution in [0.5, 0.6) is 0 Å². The first-order valence-electron chi connectivity index (χ1n) is 7.23. The standard InChI is InChI=1S/C17H15BNO4/c1-22-16(20)18-19-17(21)23-10-15-13-8-4-2-6-11(13)12-7-3-5-9-14(12)15/h2-9,15H,10H2,1H3,(H,19,21). The van der Waals surface area contributed by atoms with E-state index in [2.05, 4.69) is 22.1 Å². The summed E-state index contributed by atoms with van der Waals surface area (Å²) in [5, 5.41) is 2.24. The molecule has 1 radical (unpaired) electrons. The summed E-state index contributed by atoms with van der Waals surface area (Å²) in [5.41, 5.74) is 4.60. The smallest absolute Gasteiger partial charge is 0.395 e. The summed E-state index contributed by atoms with van der Waals surface area (Å²) >= 11 is 0. The zero-order valence-corrected chi connectivity index (χ0v) is 12.6. The lowest BCUT2D eigenvalue weighted by molar-refractivity contribution is 0.148. The highest BCUT2D eigenvalue weighted by atomic mass is 16.5. The van der Waals surface area contributed by atoms with Gasteiger partial charge in [-0.3, -0.25) is 4.79 Å². The van der Waals surface area contributed by atoms with Crippen LogP contribution in [0.25, 0.3) is 11.1 Å². The Bertz CT molecular complexity index is 701. The topological polar surface area (TPSA) is 64.6 Å². The Morgan fingerprint density at radius 1 is 1.04 bits per heavy atom. The minimum atomic E-state index is -0.683. The molecule has 23 heavy (non-hydrogen) atoms. The van der Waals surface area contributed by atoms with Crippen molar-refractivity contribution in [1.82, 2.24) is 5.23 Å². The molecule has 2 aromatic rings. The molecular formula is C17H15BNO4. The van der Waals surface area contributed by atoms with Crippen molar-refractivity contribution in [2.24, 2.45) is 0 Å². The third-order valence-electron chi connectivity index (χ3n) is 3.85. The summed E-state index contributed by atoms with van der Waals surface area (Å²) in [6.45, 7) is 0.203. The second-order valence-electron chi connectivity index (χ2n) is 5.14. The maximum Gasteiger partial charge on any atom is 0.395 e. The van der Waals surface area contributed by atoms with Gasteiger partial charge in [-0.05, 0) is 22.3 Å². The fraction of sp³-hybridized carbons (Fsp3) is 0.176. The number of benzene rings is 2. The molecule has 6 heteroatoms. The second kappa shape index (κ2) is 6.56. The van der Waals surface area contributed by atoms with Gasteiger partial charge in [-0.2, -0.15) is 0 Å². The van der Waals surface area contributed by atoms with Gasteiger partial charge in [0.2, 0.25) is 0 Å². The van der Waals surface area contributed by atoms with Crippen molar-refractivity contribution < 1.29 is 19.1 Å². The van der Waals surface area contributed by atoms with Gasteiger partial charge in [0, 0.05) is 5.92 Å². The quantitative estimate of drug-likeness (QED) is 0.882. The van der Waals surface area contributed by atoms with Crippen LogP contribution in [0.15, 0.2) is 48.5 Å². The van der Waals surface area contributed by atoms with Gasteiger partial charge in [0.25, 0.3) is 5.87 Å². The Kier molecular flexibility index (Phi) is 4.32. The lowest BCUT2D eigenvalue weighted by Gasteiger charge is -2.14. The van der Waals surface area contributed by atoms with Crippen molar-refractivity contribution in [2.45, 2.75) is 5.92 Å². The molecule has 0 unspecified atom stereocenters. The van der Waals surface area contributed by atoms with E-state index >= 15 is 0 Å². The van der Waals surface area contributed by atoms with Gasteiger partial charge in [-0.25, -0.2) is 4.79 Å². The van der Waals surface area contributed by atoms with E-state index in [4.69, 9.17) is 4.74 Å². The Morgan fingerprint density at radius 3 is 2.17 bits per heavy atom. The van der Waals surface area contributed by atoms with Gasteiger partial charge in [0.05, 0.1) is 7.11 Å². The second-order valence-corrected chi connectivity index (χ2v) is 5.14. The minimum Gasteiger partial charge on any atom is -0.476 e. The van der Waals surface area contributed by atoms with Gasteiger partial charge in [-0.1, -0.05) is 48.5 Å². The van der Waals surface area contributed by atoms with Gasteiger partial charge in [-0.15, -0.1) is 0 Å². The molecule has 0 spiro atoms. The molecule has 2 aromatic carbocycles. The first-order valence-corrected chi connectivity index (χ1v) is 7.23. The molecule has 1 aliphatic rings. The maximum absolute atomic E-state index is 11.7. The average molecular weight is 308 g/mol. The van der Waals surface area contributed by atoms with Crippen LogP contribution in [-0.2, 0) is 9.47 Å². The molecule has 0 saturated carbocycles. The number of hydrogen-bond donors (Lipinski definition) is 1. The molecule has 1 aliphatic carbocycles.